The maximum Gasteiger partial charge on any atom is 0.429 e. The number of nitrogens with zero attached hydrogens (tertiary/aromatic N) is 2. The quantitative estimate of drug-likeness (QED) is 0.591. The molecule has 4 atom stereocenters. The van der Waals surface area contributed by atoms with Gasteiger partial charge < -0.3 is 9.47 Å². The van der Waals surface area contributed by atoms with Crippen LogP contribution in [0.4, 0.5) is 9.59 Å². The average Bonchev–Trinajstić information content (AvgIpc) is 2.86. The minimum absolute atomic E-state index is 0.0524. The van der Waals surface area contributed by atoms with Crippen molar-refractivity contribution in [3.05, 3.63) is 12.2 Å². The van der Waals surface area contributed by atoms with Crippen molar-refractivity contribution in [2.75, 3.05) is 14.2 Å². The summed E-state index contributed by atoms with van der Waals surface area (Å²) in [6.07, 6.45) is 4.23. The van der Waals surface area contributed by atoms with E-state index < -0.39 is 12.2 Å². The molecule has 1 saturated heterocycles. The van der Waals surface area contributed by atoms with E-state index in [9.17, 15) is 9.59 Å². The van der Waals surface area contributed by atoms with Gasteiger partial charge in [-0.1, -0.05) is 12.2 Å². The fourth-order valence-electron chi connectivity index (χ4n) is 3.25. The molecule has 92 valence electrons. The van der Waals surface area contributed by atoms with Crippen molar-refractivity contribution >= 4 is 12.2 Å². The standard InChI is InChI=1S/C11H14N2O4/c1-16-10(14)12-8-6-3-4-7(5-6)9(8)13(12)11(15)17-2/h3-4,6-9H,5H2,1-2H3/t6-,7+,8+,9-. The molecule has 0 unspecified atom stereocenters. The summed E-state index contributed by atoms with van der Waals surface area (Å²) in [5, 5.41) is 2.76. The van der Waals surface area contributed by atoms with Crippen LogP contribution in [0.25, 0.3) is 0 Å². The van der Waals surface area contributed by atoms with Gasteiger partial charge in [0, 0.05) is 11.8 Å². The SMILES string of the molecule is COC(=O)N1[C@@H]2[C@@H]([C@H]3C=C[C@@H]2C3)N1C(=O)OC. The molecule has 2 fully saturated rings. The summed E-state index contributed by atoms with van der Waals surface area (Å²) in [5.74, 6) is 0.676. The van der Waals surface area contributed by atoms with Gasteiger partial charge in [-0.15, -0.1) is 0 Å². The molecular formula is C11H14N2O4. The summed E-state index contributed by atoms with van der Waals surface area (Å²) in [5.41, 5.74) is 0. The minimum Gasteiger partial charge on any atom is -0.452 e. The van der Waals surface area contributed by atoms with Gasteiger partial charge in [-0.2, -0.15) is 0 Å². The van der Waals surface area contributed by atoms with Crippen LogP contribution in [0, 0.1) is 11.8 Å². The average molecular weight is 238 g/mol. The van der Waals surface area contributed by atoms with Crippen LogP contribution in [0.2, 0.25) is 0 Å². The van der Waals surface area contributed by atoms with Crippen LogP contribution in [0.15, 0.2) is 12.2 Å². The first-order valence-electron chi connectivity index (χ1n) is 5.61. The van der Waals surface area contributed by atoms with Gasteiger partial charge in [0.05, 0.1) is 26.3 Å². The molecule has 3 rings (SSSR count). The van der Waals surface area contributed by atoms with Crippen molar-refractivity contribution in [3.63, 3.8) is 0 Å². The molecule has 3 aliphatic rings. The number of carbonyl (C=O) groups excluding carboxylic acids is 2. The van der Waals surface area contributed by atoms with Crippen LogP contribution >= 0.6 is 0 Å². The molecule has 0 N–H and O–H groups in total. The monoisotopic (exact) mass is 238 g/mol. The first-order valence-corrected chi connectivity index (χ1v) is 5.61. The van der Waals surface area contributed by atoms with Crippen LogP contribution in [-0.4, -0.2) is 48.5 Å². The molecule has 2 amide bonds. The Bertz CT molecular complexity index is 372. The lowest BCUT2D eigenvalue weighted by atomic mass is 9.90. The van der Waals surface area contributed by atoms with Gasteiger partial charge in [0.2, 0.25) is 0 Å². The van der Waals surface area contributed by atoms with Crippen molar-refractivity contribution in [2.24, 2.45) is 11.8 Å². The Morgan fingerprint density at radius 2 is 1.41 bits per heavy atom. The van der Waals surface area contributed by atoms with E-state index in [1.165, 1.54) is 24.2 Å². The highest BCUT2D eigenvalue weighted by atomic mass is 16.6. The Kier molecular flexibility index (Phi) is 2.08. The zero-order valence-corrected chi connectivity index (χ0v) is 9.70. The third kappa shape index (κ3) is 1.15. The van der Waals surface area contributed by atoms with Gasteiger partial charge in [0.25, 0.3) is 0 Å². The largest absolute Gasteiger partial charge is 0.452 e. The summed E-state index contributed by atoms with van der Waals surface area (Å²) >= 11 is 0. The molecule has 2 bridgehead atoms. The highest BCUT2D eigenvalue weighted by Gasteiger charge is 2.64. The number of carbonyl (C=O) groups is 2. The van der Waals surface area contributed by atoms with Crippen LogP contribution in [0.3, 0.4) is 0 Å². The normalized spacial score (nSPS) is 36.6. The second-order valence-corrected chi connectivity index (χ2v) is 4.56. The number of fused-ring (bicyclic) bond motifs is 5. The fourth-order valence-corrected chi connectivity index (χ4v) is 3.25. The molecule has 17 heavy (non-hydrogen) atoms. The Labute approximate surface area is 98.7 Å². The number of hydrogen-bond donors (Lipinski definition) is 0. The van der Waals surface area contributed by atoms with Crippen molar-refractivity contribution in [1.29, 1.82) is 0 Å². The maximum atomic E-state index is 11.7. The zero-order chi connectivity index (χ0) is 12.2. The third-order valence-corrected chi connectivity index (χ3v) is 3.90. The summed E-state index contributed by atoms with van der Waals surface area (Å²) in [4.78, 5) is 23.3. The van der Waals surface area contributed by atoms with E-state index in [2.05, 4.69) is 12.2 Å². The molecule has 0 spiro atoms. The predicted octanol–water partition coefficient (Wildman–Crippen LogP) is 0.995. The van der Waals surface area contributed by atoms with Crippen molar-refractivity contribution in [1.82, 2.24) is 10.0 Å². The number of methoxy groups -OCH3 is 2. The molecule has 1 saturated carbocycles. The topological polar surface area (TPSA) is 59.1 Å². The molecule has 0 aromatic rings. The van der Waals surface area contributed by atoms with E-state index in [1.54, 1.807) is 0 Å². The van der Waals surface area contributed by atoms with E-state index in [4.69, 9.17) is 9.47 Å². The number of hydrazine groups is 1. The molecule has 1 heterocycles. The Morgan fingerprint density at radius 3 is 1.76 bits per heavy atom. The molecule has 0 aromatic heterocycles. The van der Waals surface area contributed by atoms with Crippen molar-refractivity contribution in [3.8, 4) is 0 Å². The highest BCUT2D eigenvalue weighted by molar-refractivity contribution is 5.77. The predicted molar refractivity (Wildman–Crippen MR) is 56.8 cm³/mol. The van der Waals surface area contributed by atoms with Gasteiger partial charge in [-0.05, 0) is 6.42 Å². The second kappa shape index (κ2) is 3.38. The molecule has 2 aliphatic carbocycles. The van der Waals surface area contributed by atoms with Gasteiger partial charge in [0.1, 0.15) is 0 Å². The van der Waals surface area contributed by atoms with Gasteiger partial charge in [-0.25, -0.2) is 19.6 Å². The number of rotatable bonds is 0. The van der Waals surface area contributed by atoms with Crippen LogP contribution in [-0.2, 0) is 9.47 Å². The van der Waals surface area contributed by atoms with E-state index in [0.717, 1.165) is 6.42 Å². The smallest absolute Gasteiger partial charge is 0.429 e. The van der Waals surface area contributed by atoms with Gasteiger partial charge >= 0.3 is 12.2 Å². The first kappa shape index (κ1) is 10.4. The third-order valence-electron chi connectivity index (χ3n) is 3.90. The van der Waals surface area contributed by atoms with E-state index in [0.29, 0.717) is 11.8 Å². The van der Waals surface area contributed by atoms with Gasteiger partial charge in [0.15, 0.2) is 0 Å². The van der Waals surface area contributed by atoms with E-state index >= 15 is 0 Å². The van der Waals surface area contributed by atoms with Crippen LogP contribution in [0.1, 0.15) is 6.42 Å². The summed E-state index contributed by atoms with van der Waals surface area (Å²) in [7, 11) is 2.63. The van der Waals surface area contributed by atoms with Crippen LogP contribution in [0.5, 0.6) is 0 Å². The summed E-state index contributed by atoms with van der Waals surface area (Å²) in [6.45, 7) is 0. The zero-order valence-electron chi connectivity index (χ0n) is 9.70. The minimum atomic E-state index is -0.502. The Balaban J connectivity index is 1.89. The molecule has 0 radical (unpaired) electrons. The van der Waals surface area contributed by atoms with Crippen molar-refractivity contribution in [2.45, 2.75) is 18.5 Å². The number of amides is 2. The van der Waals surface area contributed by atoms with E-state index in [-0.39, 0.29) is 12.1 Å². The van der Waals surface area contributed by atoms with Crippen LogP contribution < -0.4 is 0 Å². The highest BCUT2D eigenvalue weighted by Crippen LogP contribution is 2.51. The molecular weight excluding hydrogens is 224 g/mol. The fraction of sp³-hybridized carbons (Fsp3) is 0.636. The Morgan fingerprint density at radius 1 is 1.00 bits per heavy atom. The lowest BCUT2D eigenvalue weighted by Crippen LogP contribution is -2.75. The summed E-state index contributed by atoms with van der Waals surface area (Å²) < 4.78 is 9.42. The first-order chi connectivity index (χ1) is 8.19. The van der Waals surface area contributed by atoms with Gasteiger partial charge in [-0.3, -0.25) is 0 Å². The van der Waals surface area contributed by atoms with Crippen molar-refractivity contribution < 1.29 is 19.1 Å². The molecule has 0 aromatic carbocycles. The maximum absolute atomic E-state index is 11.7. The molecule has 6 nitrogen and oxygen atoms in total. The lowest BCUT2D eigenvalue weighted by molar-refractivity contribution is -0.163. The number of ether oxygens (including phenoxy) is 2. The number of hydrogen-bond acceptors (Lipinski definition) is 4. The molecule has 1 aliphatic heterocycles. The lowest BCUT2D eigenvalue weighted by Gasteiger charge is -2.55. The van der Waals surface area contributed by atoms with E-state index in [1.807, 2.05) is 0 Å². The Hall–Kier alpha value is -1.72. The second-order valence-electron chi connectivity index (χ2n) is 4.56. The molecule has 6 heteroatoms. The summed E-state index contributed by atoms with van der Waals surface area (Å²) in [6, 6.07) is 0.105.